The molecule has 19 heavy (non-hydrogen) atoms. The number of ether oxygens (including phenoxy) is 1. The molecule has 106 valence electrons. The fraction of sp³-hybridized carbons (Fsp3) is 0.625. The van der Waals surface area contributed by atoms with E-state index >= 15 is 0 Å². The van der Waals surface area contributed by atoms with Gasteiger partial charge in [0.2, 0.25) is 0 Å². The van der Waals surface area contributed by atoms with Crippen LogP contribution in [-0.4, -0.2) is 19.7 Å². The SMILES string of the molecule is CCNC(Cc1cccc(OC)c1F)C(C)C1CC1. The van der Waals surface area contributed by atoms with Gasteiger partial charge >= 0.3 is 0 Å². The first kappa shape index (κ1) is 14.3. The number of methoxy groups -OCH3 is 1. The maximum absolute atomic E-state index is 14.2. The zero-order valence-electron chi connectivity index (χ0n) is 12.1. The first-order valence-electron chi connectivity index (χ1n) is 7.22. The highest BCUT2D eigenvalue weighted by atomic mass is 19.1. The van der Waals surface area contributed by atoms with Crippen molar-refractivity contribution in [2.45, 2.75) is 39.2 Å². The van der Waals surface area contributed by atoms with Gasteiger partial charge in [-0.1, -0.05) is 26.0 Å². The fourth-order valence-electron chi connectivity index (χ4n) is 2.77. The van der Waals surface area contributed by atoms with Crippen LogP contribution in [0.25, 0.3) is 0 Å². The van der Waals surface area contributed by atoms with E-state index in [9.17, 15) is 4.39 Å². The molecule has 0 aromatic heterocycles. The molecule has 0 radical (unpaired) electrons. The van der Waals surface area contributed by atoms with Crippen molar-refractivity contribution in [3.05, 3.63) is 29.6 Å². The quantitative estimate of drug-likeness (QED) is 0.816. The van der Waals surface area contributed by atoms with Gasteiger partial charge < -0.3 is 10.1 Å². The zero-order chi connectivity index (χ0) is 13.8. The minimum atomic E-state index is -0.212. The van der Waals surface area contributed by atoms with Crippen LogP contribution < -0.4 is 10.1 Å². The Kier molecular flexibility index (Phi) is 4.81. The van der Waals surface area contributed by atoms with Crippen molar-refractivity contribution in [1.29, 1.82) is 0 Å². The topological polar surface area (TPSA) is 21.3 Å². The van der Waals surface area contributed by atoms with Gasteiger partial charge in [0.05, 0.1) is 7.11 Å². The number of likely N-dealkylation sites (N-methyl/N-ethyl adjacent to an activating group) is 1. The summed E-state index contributed by atoms with van der Waals surface area (Å²) in [6.45, 7) is 5.31. The van der Waals surface area contributed by atoms with Gasteiger partial charge in [0.1, 0.15) is 0 Å². The third-order valence-electron chi connectivity index (χ3n) is 4.17. The van der Waals surface area contributed by atoms with E-state index in [1.54, 1.807) is 6.07 Å². The van der Waals surface area contributed by atoms with Gasteiger partial charge in [-0.25, -0.2) is 4.39 Å². The molecule has 0 amide bonds. The van der Waals surface area contributed by atoms with Gasteiger partial charge in [-0.15, -0.1) is 0 Å². The fourth-order valence-corrected chi connectivity index (χ4v) is 2.77. The predicted molar refractivity (Wildman–Crippen MR) is 76.0 cm³/mol. The van der Waals surface area contributed by atoms with E-state index in [-0.39, 0.29) is 5.82 Å². The molecule has 0 spiro atoms. The average Bonchev–Trinajstić information content (AvgIpc) is 3.24. The van der Waals surface area contributed by atoms with Crippen LogP contribution in [0.2, 0.25) is 0 Å². The van der Waals surface area contributed by atoms with Crippen LogP contribution in [0.5, 0.6) is 5.75 Å². The van der Waals surface area contributed by atoms with Crippen molar-refractivity contribution in [3.8, 4) is 5.75 Å². The highest BCUT2D eigenvalue weighted by molar-refractivity contribution is 5.31. The molecule has 3 heteroatoms. The maximum atomic E-state index is 14.2. The van der Waals surface area contributed by atoms with Crippen molar-refractivity contribution >= 4 is 0 Å². The number of hydrogen-bond acceptors (Lipinski definition) is 2. The Labute approximate surface area is 115 Å². The Hall–Kier alpha value is -1.09. The van der Waals surface area contributed by atoms with Gasteiger partial charge in [0.15, 0.2) is 11.6 Å². The van der Waals surface area contributed by atoms with Crippen LogP contribution in [0.3, 0.4) is 0 Å². The lowest BCUT2D eigenvalue weighted by Gasteiger charge is -2.25. The number of rotatable bonds is 7. The Morgan fingerprint density at radius 1 is 1.42 bits per heavy atom. The monoisotopic (exact) mass is 265 g/mol. The minimum Gasteiger partial charge on any atom is -0.494 e. The summed E-state index contributed by atoms with van der Waals surface area (Å²) in [6.07, 6.45) is 3.38. The van der Waals surface area contributed by atoms with Crippen LogP contribution in [0.15, 0.2) is 18.2 Å². The van der Waals surface area contributed by atoms with Gasteiger partial charge in [-0.3, -0.25) is 0 Å². The molecule has 0 bridgehead atoms. The summed E-state index contributed by atoms with van der Waals surface area (Å²) >= 11 is 0. The van der Waals surface area contributed by atoms with Crippen molar-refractivity contribution in [1.82, 2.24) is 5.32 Å². The molecule has 2 nitrogen and oxygen atoms in total. The zero-order valence-corrected chi connectivity index (χ0v) is 12.1. The van der Waals surface area contributed by atoms with E-state index in [0.717, 1.165) is 24.4 Å². The summed E-state index contributed by atoms with van der Waals surface area (Å²) in [5.41, 5.74) is 0.748. The van der Waals surface area contributed by atoms with E-state index in [1.165, 1.54) is 20.0 Å². The van der Waals surface area contributed by atoms with Gasteiger partial charge in [0.25, 0.3) is 0 Å². The second-order valence-corrected chi connectivity index (χ2v) is 5.50. The third kappa shape index (κ3) is 3.47. The molecule has 2 unspecified atom stereocenters. The molecule has 0 saturated heterocycles. The number of halogens is 1. The lowest BCUT2D eigenvalue weighted by atomic mass is 9.91. The molecule has 1 fully saturated rings. The molecule has 1 N–H and O–H groups in total. The van der Waals surface area contributed by atoms with Crippen molar-refractivity contribution in [3.63, 3.8) is 0 Å². The molecular weight excluding hydrogens is 241 g/mol. The Morgan fingerprint density at radius 2 is 2.16 bits per heavy atom. The third-order valence-corrected chi connectivity index (χ3v) is 4.17. The highest BCUT2D eigenvalue weighted by Crippen LogP contribution is 2.39. The largest absolute Gasteiger partial charge is 0.494 e. The van der Waals surface area contributed by atoms with E-state index < -0.39 is 0 Å². The lowest BCUT2D eigenvalue weighted by molar-refractivity contribution is 0.337. The molecule has 1 saturated carbocycles. The predicted octanol–water partition coefficient (Wildman–Crippen LogP) is 3.40. The first-order chi connectivity index (χ1) is 9.17. The number of hydrogen-bond donors (Lipinski definition) is 1. The van der Waals surface area contributed by atoms with Gasteiger partial charge in [-0.05, 0) is 49.3 Å². The second kappa shape index (κ2) is 6.38. The van der Waals surface area contributed by atoms with E-state index in [1.807, 2.05) is 12.1 Å². The van der Waals surface area contributed by atoms with E-state index in [2.05, 4.69) is 19.2 Å². The lowest BCUT2D eigenvalue weighted by Crippen LogP contribution is -2.38. The Bertz CT molecular complexity index is 417. The second-order valence-electron chi connectivity index (χ2n) is 5.50. The molecule has 2 rings (SSSR count). The summed E-state index contributed by atoms with van der Waals surface area (Å²) < 4.78 is 19.3. The smallest absolute Gasteiger partial charge is 0.168 e. The van der Waals surface area contributed by atoms with Crippen LogP contribution in [0, 0.1) is 17.7 Å². The summed E-state index contributed by atoms with van der Waals surface area (Å²) in [4.78, 5) is 0. The van der Waals surface area contributed by atoms with E-state index in [0.29, 0.717) is 17.7 Å². The summed E-state index contributed by atoms with van der Waals surface area (Å²) in [5, 5.41) is 3.51. The molecule has 2 atom stereocenters. The van der Waals surface area contributed by atoms with Crippen LogP contribution in [0.1, 0.15) is 32.3 Å². The molecule has 1 aliphatic carbocycles. The van der Waals surface area contributed by atoms with Crippen LogP contribution >= 0.6 is 0 Å². The summed E-state index contributed by atoms with van der Waals surface area (Å²) in [5.74, 6) is 1.55. The molecular formula is C16H24FNO. The summed E-state index contributed by atoms with van der Waals surface area (Å²) in [7, 11) is 1.51. The van der Waals surface area contributed by atoms with Crippen molar-refractivity contribution in [2.75, 3.05) is 13.7 Å². The molecule has 1 aromatic carbocycles. The minimum absolute atomic E-state index is 0.212. The van der Waals surface area contributed by atoms with Crippen LogP contribution in [0.4, 0.5) is 4.39 Å². The maximum Gasteiger partial charge on any atom is 0.168 e. The van der Waals surface area contributed by atoms with Crippen molar-refractivity contribution in [2.24, 2.45) is 11.8 Å². The summed E-state index contributed by atoms with van der Waals surface area (Å²) in [6, 6.07) is 5.74. The molecule has 0 aliphatic heterocycles. The average molecular weight is 265 g/mol. The van der Waals surface area contributed by atoms with Gasteiger partial charge in [0, 0.05) is 6.04 Å². The molecule has 0 heterocycles. The van der Waals surface area contributed by atoms with Crippen LogP contribution in [-0.2, 0) is 6.42 Å². The Morgan fingerprint density at radius 3 is 2.74 bits per heavy atom. The standard InChI is InChI=1S/C16H24FNO/c1-4-18-14(11(2)12-8-9-12)10-13-6-5-7-15(19-3)16(13)17/h5-7,11-12,14,18H,4,8-10H2,1-3H3. The molecule has 1 aliphatic rings. The Balaban J connectivity index is 2.11. The first-order valence-corrected chi connectivity index (χ1v) is 7.22. The highest BCUT2D eigenvalue weighted by Gasteiger charge is 2.33. The van der Waals surface area contributed by atoms with Gasteiger partial charge in [-0.2, -0.15) is 0 Å². The number of benzene rings is 1. The number of nitrogens with one attached hydrogen (secondary N) is 1. The van der Waals surface area contributed by atoms with E-state index in [4.69, 9.17) is 4.74 Å². The normalized spacial score (nSPS) is 18.1. The van der Waals surface area contributed by atoms with Crippen molar-refractivity contribution < 1.29 is 9.13 Å². The molecule has 1 aromatic rings.